The van der Waals surface area contributed by atoms with Gasteiger partial charge in [0, 0.05) is 5.75 Å². The molecule has 0 aromatic heterocycles. The molecule has 0 aliphatic carbocycles. The Bertz CT molecular complexity index is 137. The van der Waals surface area contributed by atoms with Crippen LogP contribution in [0.1, 0.15) is 20.8 Å². The molecule has 1 unspecified atom stereocenters. The van der Waals surface area contributed by atoms with Gasteiger partial charge in [-0.25, -0.2) is 4.57 Å². The van der Waals surface area contributed by atoms with Crippen molar-refractivity contribution in [2.24, 2.45) is 0 Å². The van der Waals surface area contributed by atoms with Crippen LogP contribution in [0, 0.1) is 0 Å². The number of rotatable bonds is 4. The standard InChI is InChI=1S/C5H13O3PS/c1-4-10-9(6,7)8-5(2)3/h5H,4H2,1-3H3,(H,6,7). The van der Waals surface area contributed by atoms with Crippen molar-refractivity contribution in [1.29, 1.82) is 0 Å². The van der Waals surface area contributed by atoms with E-state index in [1.807, 2.05) is 6.92 Å². The summed E-state index contributed by atoms with van der Waals surface area (Å²) in [6, 6.07) is 0. The molecule has 0 bridgehead atoms. The monoisotopic (exact) mass is 184 g/mol. The van der Waals surface area contributed by atoms with Crippen molar-refractivity contribution in [3.8, 4) is 0 Å². The molecule has 10 heavy (non-hydrogen) atoms. The normalized spacial score (nSPS) is 17.3. The first-order valence-corrected chi connectivity index (χ1v) is 6.30. The Labute approximate surface area is 65.4 Å². The molecule has 62 valence electrons. The quantitative estimate of drug-likeness (QED) is 0.681. The van der Waals surface area contributed by atoms with E-state index in [1.54, 1.807) is 13.8 Å². The van der Waals surface area contributed by atoms with E-state index in [2.05, 4.69) is 0 Å². The average molecular weight is 184 g/mol. The third-order valence-electron chi connectivity index (χ3n) is 0.636. The van der Waals surface area contributed by atoms with Crippen LogP contribution in [-0.2, 0) is 9.09 Å². The summed E-state index contributed by atoms with van der Waals surface area (Å²) >= 11 is 0.951. The van der Waals surface area contributed by atoms with Crippen LogP contribution in [0.15, 0.2) is 0 Å². The van der Waals surface area contributed by atoms with Crippen molar-refractivity contribution >= 4 is 18.2 Å². The van der Waals surface area contributed by atoms with Crippen molar-refractivity contribution in [3.05, 3.63) is 0 Å². The van der Waals surface area contributed by atoms with Crippen LogP contribution >= 0.6 is 18.2 Å². The van der Waals surface area contributed by atoms with Gasteiger partial charge in [-0.15, -0.1) is 0 Å². The summed E-state index contributed by atoms with van der Waals surface area (Å²) in [7, 11) is 0. The van der Waals surface area contributed by atoms with E-state index in [9.17, 15) is 4.57 Å². The maximum atomic E-state index is 10.9. The smallest absolute Gasteiger partial charge is 0.316 e. The SMILES string of the molecule is CCSP(=O)(O)OC(C)C. The van der Waals surface area contributed by atoms with E-state index in [0.29, 0.717) is 5.75 Å². The van der Waals surface area contributed by atoms with Gasteiger partial charge < -0.3 is 4.89 Å². The first-order chi connectivity index (χ1) is 4.48. The van der Waals surface area contributed by atoms with E-state index in [-0.39, 0.29) is 6.10 Å². The first-order valence-electron chi connectivity index (χ1n) is 3.13. The summed E-state index contributed by atoms with van der Waals surface area (Å²) in [5, 5.41) is 0. The molecule has 1 atom stereocenters. The summed E-state index contributed by atoms with van der Waals surface area (Å²) in [5.74, 6) is 0.598. The first kappa shape index (κ1) is 10.5. The fraction of sp³-hybridized carbons (Fsp3) is 1.00. The van der Waals surface area contributed by atoms with Crippen molar-refractivity contribution < 1.29 is 14.0 Å². The minimum Gasteiger partial charge on any atom is -0.316 e. The fourth-order valence-corrected chi connectivity index (χ4v) is 3.06. The van der Waals surface area contributed by atoms with E-state index in [0.717, 1.165) is 11.4 Å². The third kappa shape index (κ3) is 5.30. The molecule has 0 saturated heterocycles. The lowest BCUT2D eigenvalue weighted by atomic mass is 10.5. The van der Waals surface area contributed by atoms with Gasteiger partial charge in [-0.2, -0.15) is 0 Å². The molecule has 0 rings (SSSR count). The molecule has 0 spiro atoms. The topological polar surface area (TPSA) is 46.5 Å². The highest BCUT2D eigenvalue weighted by molar-refractivity contribution is 8.54. The molecular weight excluding hydrogens is 171 g/mol. The van der Waals surface area contributed by atoms with Gasteiger partial charge in [0.2, 0.25) is 0 Å². The Hall–Kier alpha value is 0.500. The average Bonchev–Trinajstić information content (AvgIpc) is 1.59. The molecule has 1 N–H and O–H groups in total. The Balaban J connectivity index is 3.75. The van der Waals surface area contributed by atoms with Crippen molar-refractivity contribution in [1.82, 2.24) is 0 Å². The van der Waals surface area contributed by atoms with E-state index >= 15 is 0 Å². The lowest BCUT2D eigenvalue weighted by Gasteiger charge is -2.12. The lowest BCUT2D eigenvalue weighted by molar-refractivity contribution is 0.218. The van der Waals surface area contributed by atoms with Crippen LogP contribution in [0.2, 0.25) is 0 Å². The zero-order valence-electron chi connectivity index (χ0n) is 6.40. The van der Waals surface area contributed by atoms with Gasteiger partial charge in [0.1, 0.15) is 0 Å². The molecule has 0 fully saturated rings. The van der Waals surface area contributed by atoms with Crippen LogP contribution in [0.3, 0.4) is 0 Å². The molecule has 3 nitrogen and oxygen atoms in total. The summed E-state index contributed by atoms with van der Waals surface area (Å²) in [6.45, 7) is 1.96. The zero-order chi connectivity index (χ0) is 8.20. The highest BCUT2D eigenvalue weighted by Gasteiger charge is 2.19. The van der Waals surface area contributed by atoms with Crippen molar-refractivity contribution in [2.75, 3.05) is 5.75 Å². The van der Waals surface area contributed by atoms with Crippen molar-refractivity contribution in [3.63, 3.8) is 0 Å². The van der Waals surface area contributed by atoms with Crippen LogP contribution in [0.4, 0.5) is 0 Å². The van der Waals surface area contributed by atoms with E-state index in [1.165, 1.54) is 0 Å². The second-order valence-electron chi connectivity index (χ2n) is 2.04. The minimum atomic E-state index is -3.33. The highest BCUT2D eigenvalue weighted by Crippen LogP contribution is 2.56. The van der Waals surface area contributed by atoms with Crippen LogP contribution in [-0.4, -0.2) is 16.8 Å². The maximum Gasteiger partial charge on any atom is 0.386 e. The van der Waals surface area contributed by atoms with Gasteiger partial charge in [-0.05, 0) is 25.2 Å². The van der Waals surface area contributed by atoms with Gasteiger partial charge in [0.05, 0.1) is 6.10 Å². The maximum absolute atomic E-state index is 10.9. The zero-order valence-corrected chi connectivity index (χ0v) is 8.11. The van der Waals surface area contributed by atoms with Gasteiger partial charge in [0.25, 0.3) is 0 Å². The second-order valence-corrected chi connectivity index (χ2v) is 6.18. The lowest BCUT2D eigenvalue weighted by Crippen LogP contribution is -1.97. The van der Waals surface area contributed by atoms with Crippen LogP contribution in [0.5, 0.6) is 0 Å². The molecule has 0 aliphatic rings. The summed E-state index contributed by atoms with van der Waals surface area (Å²) in [6.07, 6.45) is -0.185. The van der Waals surface area contributed by atoms with Gasteiger partial charge in [-0.1, -0.05) is 6.92 Å². The largest absolute Gasteiger partial charge is 0.386 e. The molecule has 0 saturated carbocycles. The highest BCUT2D eigenvalue weighted by atomic mass is 32.7. The van der Waals surface area contributed by atoms with E-state index in [4.69, 9.17) is 9.42 Å². The second kappa shape index (κ2) is 4.39. The predicted octanol–water partition coefficient (Wildman–Crippen LogP) is 2.26. The number of hydrogen-bond donors (Lipinski definition) is 1. The number of hydrogen-bond acceptors (Lipinski definition) is 3. The van der Waals surface area contributed by atoms with Gasteiger partial charge in [0.15, 0.2) is 0 Å². The molecule has 0 aromatic rings. The van der Waals surface area contributed by atoms with Crippen LogP contribution < -0.4 is 0 Å². The minimum absolute atomic E-state index is 0.185. The van der Waals surface area contributed by atoms with Gasteiger partial charge >= 0.3 is 6.80 Å². The molecular formula is C5H13O3PS. The third-order valence-corrected chi connectivity index (χ3v) is 3.92. The Morgan fingerprint density at radius 3 is 2.50 bits per heavy atom. The summed E-state index contributed by atoms with van der Waals surface area (Å²) in [5.41, 5.74) is 0. The van der Waals surface area contributed by atoms with Crippen LogP contribution in [0.25, 0.3) is 0 Å². The molecule has 0 aromatic carbocycles. The molecule has 5 heteroatoms. The molecule has 0 amide bonds. The fourth-order valence-electron chi connectivity index (χ4n) is 0.460. The van der Waals surface area contributed by atoms with E-state index < -0.39 is 6.80 Å². The Morgan fingerprint density at radius 2 is 2.20 bits per heavy atom. The van der Waals surface area contributed by atoms with Gasteiger partial charge in [-0.3, -0.25) is 4.52 Å². The molecule has 0 radical (unpaired) electrons. The Morgan fingerprint density at radius 1 is 1.70 bits per heavy atom. The summed E-state index contributed by atoms with van der Waals surface area (Å²) < 4.78 is 15.7. The Kier molecular flexibility index (Phi) is 4.61. The summed E-state index contributed by atoms with van der Waals surface area (Å²) in [4.78, 5) is 8.98. The van der Waals surface area contributed by atoms with Crippen molar-refractivity contribution in [2.45, 2.75) is 26.9 Å². The molecule has 0 heterocycles. The molecule has 0 aliphatic heterocycles. The predicted molar refractivity (Wildman–Crippen MR) is 44.2 cm³/mol.